The van der Waals surface area contributed by atoms with Crippen molar-refractivity contribution in [2.24, 2.45) is 56.4 Å². The van der Waals surface area contributed by atoms with Gasteiger partial charge < -0.3 is 89.3 Å². The van der Waals surface area contributed by atoms with E-state index >= 15 is 0 Å². The van der Waals surface area contributed by atoms with Gasteiger partial charge in [0.1, 0.15) is 28.5 Å². The van der Waals surface area contributed by atoms with E-state index in [2.05, 4.69) is 62.8 Å². The van der Waals surface area contributed by atoms with Crippen LogP contribution in [-0.2, 0) is 61.2 Å². The molecule has 9 N–H and O–H groups in total. The molecule has 8 aromatic heterocycles. The van der Waals surface area contributed by atoms with E-state index in [4.69, 9.17) is 0 Å². The zero-order valence-corrected chi connectivity index (χ0v) is 47.9. The molecule has 0 spiro atoms. The molecule has 0 saturated heterocycles. The number of nitrogens with zero attached hydrogens (tertiary/aromatic N) is 12. The molecule has 0 bridgehead atoms. The Labute approximate surface area is 480 Å². The molecule has 30 nitrogen and oxygen atoms in total. The quantitative estimate of drug-likeness (QED) is 0.0417. The number of imidazole rings is 3. The lowest BCUT2D eigenvalue weighted by atomic mass is 10.3. The summed E-state index contributed by atoms with van der Waals surface area (Å²) in [6.45, 7) is 1.46. The molecule has 0 aliphatic rings. The number of rotatable bonds is 23. The fourth-order valence-corrected chi connectivity index (χ4v) is 8.92. The number of carbonyl (C=O) groups excluding carboxylic acids is 9. The van der Waals surface area contributed by atoms with Gasteiger partial charge in [0.2, 0.25) is 17.6 Å². The zero-order valence-electron chi connectivity index (χ0n) is 47.9. The van der Waals surface area contributed by atoms with Crippen LogP contribution >= 0.6 is 0 Å². The van der Waals surface area contributed by atoms with Crippen LogP contribution in [0, 0.1) is 0 Å². The summed E-state index contributed by atoms with van der Waals surface area (Å²) in [5.41, 5.74) is 2.90. The minimum Gasteiger partial charge on any atom is -0.351 e. The first-order valence-electron chi connectivity index (χ1n) is 26.2. The first-order valence-corrected chi connectivity index (χ1v) is 26.2. The predicted octanol–water partition coefficient (Wildman–Crippen LogP) is 2.92. The largest absolute Gasteiger partial charge is 0.351 e. The third-order valence-electron chi connectivity index (χ3n) is 13.1. The Morgan fingerprint density at radius 3 is 1.11 bits per heavy atom. The molecule has 0 aliphatic carbocycles. The van der Waals surface area contributed by atoms with Gasteiger partial charge in [-0.25, -0.2) is 15.0 Å². The molecule has 0 aliphatic heterocycles. The first kappa shape index (κ1) is 59.3. The third kappa shape index (κ3) is 14.2. The van der Waals surface area contributed by atoms with Crippen LogP contribution in [0.3, 0.4) is 0 Å². The Bertz CT molecular complexity index is 3850. The maximum Gasteiger partial charge on any atom is 0.292 e. The van der Waals surface area contributed by atoms with Crippen LogP contribution in [0.4, 0.5) is 40.1 Å². The molecule has 440 valence electrons. The van der Waals surface area contributed by atoms with Gasteiger partial charge in [-0.05, 0) is 63.8 Å². The number of hydrogen-bond donors (Lipinski definition) is 9. The van der Waals surface area contributed by atoms with Crippen molar-refractivity contribution in [2.45, 2.75) is 19.3 Å². The summed E-state index contributed by atoms with van der Waals surface area (Å²) < 4.78 is 12.2. The van der Waals surface area contributed by atoms with Crippen LogP contribution in [0.1, 0.15) is 104 Å². The molecule has 8 aromatic rings. The maximum absolute atomic E-state index is 13.5. The van der Waals surface area contributed by atoms with E-state index in [1.165, 1.54) is 65.7 Å². The van der Waals surface area contributed by atoms with Gasteiger partial charge in [-0.15, -0.1) is 0 Å². The fourth-order valence-electron chi connectivity index (χ4n) is 8.92. The minimum absolute atomic E-state index is 0.000424. The Hall–Kier alpha value is -10.8. The highest BCUT2D eigenvalue weighted by Crippen LogP contribution is 2.23. The summed E-state index contributed by atoms with van der Waals surface area (Å²) in [6.07, 6.45) is 14.9. The van der Waals surface area contributed by atoms with Gasteiger partial charge in [0.05, 0.1) is 28.4 Å². The minimum atomic E-state index is -0.620. The molecule has 84 heavy (non-hydrogen) atoms. The van der Waals surface area contributed by atoms with E-state index in [0.717, 1.165) is 13.0 Å². The SMILES string of the molecule is CN(C)CCCNC(=O)c1cc(NC(=O)c2cc(NC(=O)c3cc(NC(=O)c4nc(NC(=O)CCCNC(=O)c5cc(NC(=O)c6cc(NC(=O)c7nc(NC(=O)c8nccn8C)cn7C)cn6C)cn5C)cn4C)cn3C)cn2C)cn1C. The molecule has 8 rings (SSSR count). The van der Waals surface area contributed by atoms with Crippen molar-refractivity contribution in [3.05, 3.63) is 132 Å². The lowest BCUT2D eigenvalue weighted by Gasteiger charge is -2.10. The molecule has 0 fully saturated rings. The lowest BCUT2D eigenvalue weighted by molar-refractivity contribution is -0.116. The maximum atomic E-state index is 13.5. The molecular formula is C54H65N21O9. The van der Waals surface area contributed by atoms with E-state index < -0.39 is 47.3 Å². The summed E-state index contributed by atoms with van der Waals surface area (Å²) >= 11 is 0. The number of hydrogen-bond acceptors (Lipinski definition) is 13. The molecular weight excluding hydrogens is 1090 g/mol. The second-order valence-corrected chi connectivity index (χ2v) is 20.2. The number of amides is 9. The van der Waals surface area contributed by atoms with Crippen LogP contribution in [0.2, 0.25) is 0 Å². The number of carbonyl (C=O) groups is 9. The normalized spacial score (nSPS) is 11.1. The van der Waals surface area contributed by atoms with E-state index in [9.17, 15) is 43.2 Å². The van der Waals surface area contributed by atoms with Gasteiger partial charge in [0.15, 0.2) is 17.5 Å². The van der Waals surface area contributed by atoms with Gasteiger partial charge in [-0.1, -0.05) is 0 Å². The average molecular weight is 1150 g/mol. The molecule has 0 aromatic carbocycles. The van der Waals surface area contributed by atoms with Crippen LogP contribution in [0.15, 0.2) is 86.1 Å². The molecule has 9 amide bonds. The molecule has 8 heterocycles. The molecule has 0 radical (unpaired) electrons. The zero-order chi connectivity index (χ0) is 60.7. The Kier molecular flexibility index (Phi) is 17.9. The lowest BCUT2D eigenvalue weighted by Crippen LogP contribution is -2.28. The van der Waals surface area contributed by atoms with E-state index in [1.54, 1.807) is 113 Å². The number of aromatic nitrogens is 11. The highest BCUT2D eigenvalue weighted by atomic mass is 16.2. The van der Waals surface area contributed by atoms with Gasteiger partial charge in [-0.3, -0.25) is 43.2 Å². The number of aryl methyl sites for hydroxylation is 8. The highest BCUT2D eigenvalue weighted by Gasteiger charge is 2.24. The second-order valence-electron chi connectivity index (χ2n) is 20.2. The Morgan fingerprint density at radius 1 is 0.393 bits per heavy atom. The fraction of sp³-hybridized carbons (Fsp3) is 0.296. The van der Waals surface area contributed by atoms with Gasteiger partial charge in [0.25, 0.3) is 47.3 Å². The summed E-state index contributed by atoms with van der Waals surface area (Å²) in [5.74, 6) is -3.97. The number of anilines is 7. The van der Waals surface area contributed by atoms with Crippen molar-refractivity contribution in [2.75, 3.05) is 70.9 Å². The molecule has 0 unspecified atom stereocenters. The monoisotopic (exact) mass is 1150 g/mol. The molecule has 0 atom stereocenters. The molecule has 30 heteroatoms. The van der Waals surface area contributed by atoms with Gasteiger partial charge >= 0.3 is 0 Å². The van der Waals surface area contributed by atoms with Crippen molar-refractivity contribution in [1.29, 1.82) is 0 Å². The van der Waals surface area contributed by atoms with Gasteiger partial charge in [0, 0.05) is 132 Å². The van der Waals surface area contributed by atoms with Gasteiger partial charge in [-0.2, -0.15) is 0 Å². The topological polar surface area (TPSA) is 343 Å². The van der Waals surface area contributed by atoms with E-state index in [1.807, 2.05) is 19.0 Å². The smallest absolute Gasteiger partial charge is 0.292 e. The van der Waals surface area contributed by atoms with E-state index in [0.29, 0.717) is 35.0 Å². The third-order valence-corrected chi connectivity index (χ3v) is 13.1. The summed E-state index contributed by atoms with van der Waals surface area (Å²) in [7, 11) is 17.0. The Morgan fingerprint density at radius 2 is 0.738 bits per heavy atom. The van der Waals surface area contributed by atoms with Crippen molar-refractivity contribution in [1.82, 2.24) is 67.0 Å². The van der Waals surface area contributed by atoms with E-state index in [-0.39, 0.29) is 82.9 Å². The van der Waals surface area contributed by atoms with Crippen LogP contribution in [0.5, 0.6) is 0 Å². The number of nitrogens with one attached hydrogen (secondary N) is 9. The average Bonchev–Trinajstić information content (AvgIpc) is 4.24. The van der Waals surface area contributed by atoms with Crippen molar-refractivity contribution < 1.29 is 43.2 Å². The predicted molar refractivity (Wildman–Crippen MR) is 310 cm³/mol. The van der Waals surface area contributed by atoms with Crippen molar-refractivity contribution in [3.8, 4) is 0 Å². The van der Waals surface area contributed by atoms with Crippen LogP contribution < -0.4 is 47.9 Å². The summed E-state index contributed by atoms with van der Waals surface area (Å²) in [4.78, 5) is 133. The highest BCUT2D eigenvalue weighted by molar-refractivity contribution is 6.10. The summed E-state index contributed by atoms with van der Waals surface area (Å²) in [5, 5.41) is 24.7. The summed E-state index contributed by atoms with van der Waals surface area (Å²) in [6, 6.07) is 7.54. The van der Waals surface area contributed by atoms with Crippen LogP contribution in [0.25, 0.3) is 0 Å². The molecule has 0 saturated carbocycles. The van der Waals surface area contributed by atoms with Crippen molar-refractivity contribution >= 4 is 93.2 Å². The second kappa shape index (κ2) is 25.3. The Balaban J connectivity index is 0.758. The van der Waals surface area contributed by atoms with Crippen LogP contribution in [-0.4, -0.2) is 143 Å². The first-order chi connectivity index (χ1) is 39.9. The standard InChI is InChI=1S/C54H65N21O9/c1-67(2)17-12-15-57-48(78)37-20-32(25-70(37)5)58-49(79)38-21-33(26-71(38)6)60-51(81)40-22-34(27-73(40)8)61-53(83)45-64-41(29-74(45)9)63-43(76)13-11-14-56-47(77)36-19-31(24-69(36)4)59-50(80)39-23-35(28-72(39)7)62-54(84)46-65-42(30-75(46)10)66-52(82)44-55-16-18-68(44)3/h16,18-30H,11-15,17H2,1-10H3,(H,56,77)(H,57,78)(H,58,79)(H,59,80)(H,60,81)(H,61,83)(H,62,84)(H,63,76)(H,66,82). The van der Waals surface area contributed by atoms with Crippen molar-refractivity contribution in [3.63, 3.8) is 0 Å².